The van der Waals surface area contributed by atoms with E-state index in [9.17, 15) is 23.3 Å². The zero-order valence-corrected chi connectivity index (χ0v) is 15.6. The number of benzene rings is 2. The highest BCUT2D eigenvalue weighted by molar-refractivity contribution is 7.92. The molecule has 9 heteroatoms. The van der Waals surface area contributed by atoms with Crippen LogP contribution < -0.4 is 4.72 Å². The van der Waals surface area contributed by atoms with Crippen molar-refractivity contribution in [1.82, 2.24) is 4.90 Å². The van der Waals surface area contributed by atoms with Gasteiger partial charge in [0, 0.05) is 37.5 Å². The number of nitro groups is 1. The van der Waals surface area contributed by atoms with E-state index in [1.807, 2.05) is 0 Å². The van der Waals surface area contributed by atoms with Crippen molar-refractivity contribution in [3.63, 3.8) is 0 Å². The molecule has 0 aliphatic heterocycles. The second-order valence-electron chi connectivity index (χ2n) is 6.03. The van der Waals surface area contributed by atoms with Crippen LogP contribution in [0.1, 0.15) is 21.5 Å². The molecule has 0 unspecified atom stereocenters. The summed E-state index contributed by atoms with van der Waals surface area (Å²) in [7, 11) is -0.787. The van der Waals surface area contributed by atoms with Crippen molar-refractivity contribution in [1.29, 1.82) is 0 Å². The van der Waals surface area contributed by atoms with Crippen molar-refractivity contribution in [2.75, 3.05) is 18.8 Å². The van der Waals surface area contributed by atoms with Gasteiger partial charge < -0.3 is 4.90 Å². The molecule has 138 valence electrons. The van der Waals surface area contributed by atoms with E-state index in [-0.39, 0.29) is 22.2 Å². The minimum atomic E-state index is -4.02. The molecular weight excluding hydrogens is 358 g/mol. The van der Waals surface area contributed by atoms with E-state index in [2.05, 4.69) is 4.72 Å². The number of sulfonamides is 1. The summed E-state index contributed by atoms with van der Waals surface area (Å²) in [5.41, 5.74) is 1.32. The Balaban J connectivity index is 2.38. The van der Waals surface area contributed by atoms with Crippen molar-refractivity contribution in [3.05, 3.63) is 63.2 Å². The lowest BCUT2D eigenvalue weighted by atomic mass is 10.1. The van der Waals surface area contributed by atoms with Gasteiger partial charge >= 0.3 is 0 Å². The maximum Gasteiger partial charge on any atom is 0.271 e. The van der Waals surface area contributed by atoms with Crippen LogP contribution >= 0.6 is 0 Å². The van der Waals surface area contributed by atoms with Crippen molar-refractivity contribution in [2.24, 2.45) is 0 Å². The number of aryl methyl sites for hydroxylation is 1. The third kappa shape index (κ3) is 3.99. The fourth-order valence-electron chi connectivity index (χ4n) is 2.34. The second kappa shape index (κ2) is 7.12. The molecule has 0 saturated heterocycles. The maximum absolute atomic E-state index is 12.7. The topological polar surface area (TPSA) is 110 Å². The van der Waals surface area contributed by atoms with E-state index < -0.39 is 14.9 Å². The monoisotopic (exact) mass is 377 g/mol. The SMILES string of the molecule is Cc1cc([N+](=O)[O-])cc(S(=O)(=O)Nc2ccc(C(=O)N(C)C)cc2)c1C. The summed E-state index contributed by atoms with van der Waals surface area (Å²) < 4.78 is 27.7. The van der Waals surface area contributed by atoms with Gasteiger partial charge in [0.25, 0.3) is 21.6 Å². The lowest BCUT2D eigenvalue weighted by molar-refractivity contribution is -0.385. The predicted octanol–water partition coefficient (Wildman–Crippen LogP) is 2.71. The number of nitrogens with one attached hydrogen (secondary N) is 1. The number of non-ortho nitro benzene ring substituents is 1. The first-order valence-electron chi connectivity index (χ1n) is 7.63. The third-order valence-corrected chi connectivity index (χ3v) is 5.40. The Bertz CT molecular complexity index is 967. The van der Waals surface area contributed by atoms with Crippen LogP contribution in [0.4, 0.5) is 11.4 Å². The van der Waals surface area contributed by atoms with Crippen molar-refractivity contribution in [2.45, 2.75) is 18.7 Å². The number of nitrogens with zero attached hydrogens (tertiary/aromatic N) is 2. The molecule has 0 saturated carbocycles. The summed E-state index contributed by atoms with van der Waals surface area (Å²) >= 11 is 0. The highest BCUT2D eigenvalue weighted by atomic mass is 32.2. The molecule has 2 aromatic rings. The van der Waals surface area contributed by atoms with E-state index >= 15 is 0 Å². The normalized spacial score (nSPS) is 11.1. The van der Waals surface area contributed by atoms with E-state index in [1.54, 1.807) is 27.9 Å². The number of carbonyl (C=O) groups excluding carboxylic acids is 1. The molecule has 26 heavy (non-hydrogen) atoms. The van der Waals surface area contributed by atoms with Gasteiger partial charge in [0.05, 0.1) is 9.82 Å². The smallest absolute Gasteiger partial charge is 0.271 e. The summed E-state index contributed by atoms with van der Waals surface area (Å²) in [4.78, 5) is 23.5. The van der Waals surface area contributed by atoms with Crippen LogP contribution in [0.15, 0.2) is 41.3 Å². The Morgan fingerprint density at radius 1 is 1.12 bits per heavy atom. The van der Waals surface area contributed by atoms with Gasteiger partial charge in [0.1, 0.15) is 0 Å². The predicted molar refractivity (Wildman–Crippen MR) is 97.8 cm³/mol. The Labute approximate surface area is 151 Å². The number of anilines is 1. The molecular formula is C17H19N3O5S. The van der Waals surface area contributed by atoms with Crippen LogP contribution in [0.5, 0.6) is 0 Å². The molecule has 0 aliphatic carbocycles. The highest BCUT2D eigenvalue weighted by Gasteiger charge is 2.22. The largest absolute Gasteiger partial charge is 0.345 e. The van der Waals surface area contributed by atoms with Crippen LogP contribution in [0.3, 0.4) is 0 Å². The molecule has 0 bridgehead atoms. The van der Waals surface area contributed by atoms with Crippen LogP contribution in [0.2, 0.25) is 0 Å². The van der Waals surface area contributed by atoms with Gasteiger partial charge in [0.2, 0.25) is 0 Å². The number of hydrogen-bond acceptors (Lipinski definition) is 5. The van der Waals surface area contributed by atoms with Gasteiger partial charge in [-0.15, -0.1) is 0 Å². The second-order valence-corrected chi connectivity index (χ2v) is 7.68. The van der Waals surface area contributed by atoms with Crippen LogP contribution in [0, 0.1) is 24.0 Å². The van der Waals surface area contributed by atoms with Crippen LogP contribution in [0.25, 0.3) is 0 Å². The summed E-state index contributed by atoms with van der Waals surface area (Å²) in [5, 5.41) is 11.0. The first-order chi connectivity index (χ1) is 12.0. The van der Waals surface area contributed by atoms with Gasteiger partial charge in [0.15, 0.2) is 0 Å². The first-order valence-corrected chi connectivity index (χ1v) is 9.11. The summed E-state index contributed by atoms with van der Waals surface area (Å²) in [6.45, 7) is 3.20. The number of hydrogen-bond donors (Lipinski definition) is 1. The van der Waals surface area contributed by atoms with Gasteiger partial charge in [-0.05, 0) is 49.2 Å². The average Bonchev–Trinajstić information content (AvgIpc) is 2.56. The molecule has 0 aromatic heterocycles. The van der Waals surface area contributed by atoms with E-state index in [0.29, 0.717) is 16.7 Å². The van der Waals surface area contributed by atoms with Gasteiger partial charge in [-0.1, -0.05) is 0 Å². The van der Waals surface area contributed by atoms with E-state index in [1.165, 1.54) is 35.2 Å². The molecule has 0 fully saturated rings. The third-order valence-electron chi connectivity index (χ3n) is 3.90. The summed E-state index contributed by atoms with van der Waals surface area (Å²) in [6.07, 6.45) is 0. The standard InChI is InChI=1S/C17H19N3O5S/c1-11-9-15(20(22)23)10-16(12(11)2)26(24,25)18-14-7-5-13(6-8-14)17(21)19(3)4/h5-10,18H,1-4H3. The average molecular weight is 377 g/mol. The molecule has 2 aromatic carbocycles. The van der Waals surface area contributed by atoms with Crippen molar-refractivity contribution < 1.29 is 18.1 Å². The molecule has 0 heterocycles. The molecule has 0 radical (unpaired) electrons. The molecule has 0 aliphatic rings. The van der Waals surface area contributed by atoms with Crippen molar-refractivity contribution >= 4 is 27.3 Å². The number of amides is 1. The fourth-order valence-corrected chi connectivity index (χ4v) is 3.74. The van der Waals surface area contributed by atoms with Gasteiger partial charge in [-0.2, -0.15) is 0 Å². The Kier molecular flexibility index (Phi) is 5.31. The Morgan fingerprint density at radius 3 is 2.19 bits per heavy atom. The minimum Gasteiger partial charge on any atom is -0.345 e. The lowest BCUT2D eigenvalue weighted by Crippen LogP contribution is -2.21. The number of carbonyl (C=O) groups is 1. The fraction of sp³-hybridized carbons (Fsp3) is 0.235. The van der Waals surface area contributed by atoms with Crippen LogP contribution in [-0.4, -0.2) is 38.2 Å². The maximum atomic E-state index is 12.7. The molecule has 1 N–H and O–H groups in total. The highest BCUT2D eigenvalue weighted by Crippen LogP contribution is 2.27. The Hall–Kier alpha value is -2.94. The molecule has 8 nitrogen and oxygen atoms in total. The molecule has 2 rings (SSSR count). The quantitative estimate of drug-likeness (QED) is 0.636. The molecule has 0 atom stereocenters. The van der Waals surface area contributed by atoms with Gasteiger partial charge in [-0.25, -0.2) is 8.42 Å². The molecule has 1 amide bonds. The first kappa shape index (κ1) is 19.4. The summed E-state index contributed by atoms with van der Waals surface area (Å²) in [5.74, 6) is -0.204. The van der Waals surface area contributed by atoms with E-state index in [0.717, 1.165) is 6.07 Å². The zero-order valence-electron chi connectivity index (χ0n) is 14.8. The van der Waals surface area contributed by atoms with E-state index in [4.69, 9.17) is 0 Å². The van der Waals surface area contributed by atoms with Gasteiger partial charge in [-0.3, -0.25) is 19.6 Å². The molecule has 0 spiro atoms. The summed E-state index contributed by atoms with van der Waals surface area (Å²) in [6, 6.07) is 8.31. The Morgan fingerprint density at radius 2 is 1.69 bits per heavy atom. The lowest BCUT2D eigenvalue weighted by Gasteiger charge is -2.13. The number of nitro benzene ring substituents is 1. The minimum absolute atomic E-state index is 0.155. The zero-order chi connectivity index (χ0) is 19.6. The van der Waals surface area contributed by atoms with Crippen molar-refractivity contribution in [3.8, 4) is 0 Å². The number of rotatable bonds is 5. The van der Waals surface area contributed by atoms with Crippen LogP contribution in [-0.2, 0) is 10.0 Å².